The third kappa shape index (κ3) is 4.22. The second kappa shape index (κ2) is 7.56. The fraction of sp³-hybridized carbons (Fsp3) is 0.409. The standard InChI is InChI=1S/C22H22ClF3N2O/c1-14-2-4-15(5-3-14)17-13-18(17)21(29)28-10-8-27(9-11-28)20-12-16(23)6-7-19(20)22(24,25)26/h2-7,12,17-18H,8-11,13H2,1H3/t17?,18-/m0/s1. The molecule has 1 aliphatic heterocycles. The van der Waals surface area contributed by atoms with Crippen LogP contribution in [0, 0.1) is 12.8 Å². The van der Waals surface area contributed by atoms with E-state index in [1.54, 1.807) is 9.80 Å². The van der Waals surface area contributed by atoms with E-state index in [1.165, 1.54) is 23.3 Å². The third-order valence-corrected chi connectivity index (χ3v) is 6.05. The number of carbonyl (C=O) groups is 1. The molecular weight excluding hydrogens is 401 g/mol. The van der Waals surface area contributed by atoms with E-state index in [-0.39, 0.29) is 28.5 Å². The van der Waals surface area contributed by atoms with Crippen LogP contribution in [0.3, 0.4) is 0 Å². The Balaban J connectivity index is 1.40. The van der Waals surface area contributed by atoms with Gasteiger partial charge < -0.3 is 9.80 Å². The van der Waals surface area contributed by atoms with Gasteiger partial charge in [0.2, 0.25) is 5.91 Å². The number of halogens is 4. The molecule has 1 saturated carbocycles. The largest absolute Gasteiger partial charge is 0.418 e. The Kier molecular flexibility index (Phi) is 5.23. The van der Waals surface area contributed by atoms with Crippen LogP contribution >= 0.6 is 11.6 Å². The van der Waals surface area contributed by atoms with Gasteiger partial charge in [0, 0.05) is 37.1 Å². The van der Waals surface area contributed by atoms with Gasteiger partial charge in [-0.3, -0.25) is 4.79 Å². The number of alkyl halides is 3. The molecule has 1 heterocycles. The number of anilines is 1. The number of rotatable bonds is 3. The Morgan fingerprint density at radius 3 is 2.31 bits per heavy atom. The maximum Gasteiger partial charge on any atom is 0.418 e. The zero-order valence-corrected chi connectivity index (χ0v) is 16.8. The molecule has 0 N–H and O–H groups in total. The van der Waals surface area contributed by atoms with Crippen LogP contribution in [-0.2, 0) is 11.0 Å². The van der Waals surface area contributed by atoms with Crippen LogP contribution in [0.1, 0.15) is 29.0 Å². The van der Waals surface area contributed by atoms with E-state index in [1.807, 2.05) is 6.92 Å². The zero-order chi connectivity index (χ0) is 20.8. The predicted octanol–water partition coefficient (Wildman–Crippen LogP) is 5.12. The quantitative estimate of drug-likeness (QED) is 0.685. The lowest BCUT2D eigenvalue weighted by Gasteiger charge is -2.37. The van der Waals surface area contributed by atoms with Crippen molar-refractivity contribution in [3.05, 3.63) is 64.2 Å². The number of amides is 1. The van der Waals surface area contributed by atoms with Crippen molar-refractivity contribution >= 4 is 23.2 Å². The summed E-state index contributed by atoms with van der Waals surface area (Å²) in [7, 11) is 0. The van der Waals surface area contributed by atoms with E-state index in [9.17, 15) is 18.0 Å². The van der Waals surface area contributed by atoms with Crippen molar-refractivity contribution in [2.45, 2.75) is 25.4 Å². The lowest BCUT2D eigenvalue weighted by Crippen LogP contribution is -2.49. The molecule has 1 unspecified atom stereocenters. The molecule has 2 aliphatic rings. The van der Waals surface area contributed by atoms with E-state index < -0.39 is 11.7 Å². The molecule has 2 fully saturated rings. The number of benzene rings is 2. The summed E-state index contributed by atoms with van der Waals surface area (Å²) in [5.41, 5.74) is 1.76. The van der Waals surface area contributed by atoms with Crippen LogP contribution in [0.5, 0.6) is 0 Å². The van der Waals surface area contributed by atoms with Crippen LogP contribution in [0.25, 0.3) is 0 Å². The van der Waals surface area contributed by atoms with Gasteiger partial charge in [0.05, 0.1) is 11.3 Å². The lowest BCUT2D eigenvalue weighted by atomic mass is 10.1. The summed E-state index contributed by atoms with van der Waals surface area (Å²) in [6, 6.07) is 11.9. The highest BCUT2D eigenvalue weighted by Gasteiger charge is 2.46. The van der Waals surface area contributed by atoms with Crippen molar-refractivity contribution in [2.75, 3.05) is 31.1 Å². The van der Waals surface area contributed by atoms with Crippen molar-refractivity contribution in [3.8, 4) is 0 Å². The molecule has 2 aromatic carbocycles. The Bertz CT molecular complexity index is 905. The van der Waals surface area contributed by atoms with Crippen LogP contribution < -0.4 is 4.90 Å². The Hall–Kier alpha value is -2.21. The van der Waals surface area contributed by atoms with E-state index in [2.05, 4.69) is 24.3 Å². The monoisotopic (exact) mass is 422 g/mol. The van der Waals surface area contributed by atoms with Crippen molar-refractivity contribution in [3.63, 3.8) is 0 Å². The summed E-state index contributed by atoms with van der Waals surface area (Å²) < 4.78 is 40.0. The highest BCUT2D eigenvalue weighted by atomic mass is 35.5. The number of hydrogen-bond acceptors (Lipinski definition) is 2. The first-order chi connectivity index (χ1) is 13.7. The Morgan fingerprint density at radius 1 is 1.03 bits per heavy atom. The average Bonchev–Trinajstić information content (AvgIpc) is 3.48. The topological polar surface area (TPSA) is 23.6 Å². The molecule has 4 rings (SSSR count). The molecule has 1 aliphatic carbocycles. The third-order valence-electron chi connectivity index (χ3n) is 5.81. The van der Waals surface area contributed by atoms with Crippen LogP contribution in [0.4, 0.5) is 18.9 Å². The normalized spacial score (nSPS) is 22.0. The summed E-state index contributed by atoms with van der Waals surface area (Å²) in [4.78, 5) is 16.3. The van der Waals surface area contributed by atoms with E-state index in [4.69, 9.17) is 11.6 Å². The highest BCUT2D eigenvalue weighted by molar-refractivity contribution is 6.30. The predicted molar refractivity (Wildman–Crippen MR) is 107 cm³/mol. The first-order valence-electron chi connectivity index (χ1n) is 9.71. The SMILES string of the molecule is Cc1ccc(C2C[C@@H]2C(=O)N2CCN(c3cc(Cl)ccc3C(F)(F)F)CC2)cc1. The van der Waals surface area contributed by atoms with Gasteiger partial charge in [-0.25, -0.2) is 0 Å². The van der Waals surface area contributed by atoms with E-state index in [0.717, 1.165) is 12.5 Å². The second-order valence-electron chi connectivity index (χ2n) is 7.83. The fourth-order valence-corrected chi connectivity index (χ4v) is 4.22. The molecule has 1 saturated heterocycles. The molecule has 0 radical (unpaired) electrons. The summed E-state index contributed by atoms with van der Waals surface area (Å²) in [5.74, 6) is 0.351. The van der Waals surface area contributed by atoms with Gasteiger partial charge in [0.25, 0.3) is 0 Å². The van der Waals surface area contributed by atoms with Gasteiger partial charge >= 0.3 is 6.18 Å². The maximum absolute atomic E-state index is 13.3. The summed E-state index contributed by atoms with van der Waals surface area (Å²) >= 11 is 5.94. The van der Waals surface area contributed by atoms with Gasteiger partial charge in [0.1, 0.15) is 0 Å². The van der Waals surface area contributed by atoms with E-state index >= 15 is 0 Å². The average molecular weight is 423 g/mol. The maximum atomic E-state index is 13.3. The minimum absolute atomic E-state index is 0.0128. The summed E-state index contributed by atoms with van der Waals surface area (Å²) in [5, 5.41) is 0.269. The number of nitrogens with zero attached hydrogens (tertiary/aromatic N) is 2. The molecule has 2 aromatic rings. The second-order valence-corrected chi connectivity index (χ2v) is 8.27. The molecule has 3 nitrogen and oxygen atoms in total. The fourth-order valence-electron chi connectivity index (χ4n) is 4.06. The molecule has 0 spiro atoms. The van der Waals surface area contributed by atoms with Crippen molar-refractivity contribution < 1.29 is 18.0 Å². The molecule has 0 aromatic heterocycles. The van der Waals surface area contributed by atoms with Crippen LogP contribution in [0.2, 0.25) is 5.02 Å². The van der Waals surface area contributed by atoms with Crippen molar-refractivity contribution in [1.82, 2.24) is 4.90 Å². The number of piperazine rings is 1. The Labute approximate surface area is 173 Å². The molecule has 29 heavy (non-hydrogen) atoms. The van der Waals surface area contributed by atoms with Gasteiger partial charge in [-0.05, 0) is 43.0 Å². The van der Waals surface area contributed by atoms with Gasteiger partial charge in [0.15, 0.2) is 0 Å². The molecule has 0 bridgehead atoms. The lowest BCUT2D eigenvalue weighted by molar-refractivity contribution is -0.137. The van der Waals surface area contributed by atoms with E-state index in [0.29, 0.717) is 26.2 Å². The van der Waals surface area contributed by atoms with Gasteiger partial charge in [-0.15, -0.1) is 0 Å². The van der Waals surface area contributed by atoms with Gasteiger partial charge in [-0.1, -0.05) is 41.4 Å². The summed E-state index contributed by atoms with van der Waals surface area (Å²) in [6.45, 7) is 3.58. The highest BCUT2D eigenvalue weighted by Crippen LogP contribution is 2.48. The van der Waals surface area contributed by atoms with Crippen molar-refractivity contribution in [2.24, 2.45) is 5.92 Å². The first kappa shape index (κ1) is 20.1. The molecule has 1 amide bonds. The van der Waals surface area contributed by atoms with Crippen molar-refractivity contribution in [1.29, 1.82) is 0 Å². The molecule has 2 atom stereocenters. The number of hydrogen-bond donors (Lipinski definition) is 0. The smallest absolute Gasteiger partial charge is 0.367 e. The Morgan fingerprint density at radius 2 is 1.69 bits per heavy atom. The zero-order valence-electron chi connectivity index (χ0n) is 16.0. The minimum Gasteiger partial charge on any atom is -0.367 e. The number of aryl methyl sites for hydroxylation is 1. The number of carbonyl (C=O) groups excluding carboxylic acids is 1. The molecule has 7 heteroatoms. The van der Waals surface area contributed by atoms with Crippen LogP contribution in [-0.4, -0.2) is 37.0 Å². The minimum atomic E-state index is -4.44. The van der Waals surface area contributed by atoms with Crippen LogP contribution in [0.15, 0.2) is 42.5 Å². The van der Waals surface area contributed by atoms with Gasteiger partial charge in [-0.2, -0.15) is 13.2 Å². The summed E-state index contributed by atoms with van der Waals surface area (Å²) in [6.07, 6.45) is -3.60. The molecular formula is C22H22ClF3N2O. The molecule has 154 valence electrons. The first-order valence-corrected chi connectivity index (χ1v) is 10.1.